The molecule has 80 valence electrons. The molecule has 0 bridgehead atoms. The lowest BCUT2D eigenvalue weighted by molar-refractivity contribution is 0.607. The van der Waals surface area contributed by atoms with Crippen LogP contribution >= 0.6 is 0 Å². The molecule has 0 aliphatic heterocycles. The molecule has 1 aromatic heterocycles. The Labute approximate surface area is 85.4 Å². The van der Waals surface area contributed by atoms with Gasteiger partial charge in [0.25, 0.3) is 0 Å². The molecule has 2 nitrogen and oxygen atoms in total. The fourth-order valence-corrected chi connectivity index (χ4v) is 1.10. The molecule has 1 aromatic rings. The maximum absolute atomic E-state index is 12.7. The van der Waals surface area contributed by atoms with E-state index in [1.807, 2.05) is 13.8 Å². The van der Waals surface area contributed by atoms with Crippen molar-refractivity contribution in [2.75, 3.05) is 5.73 Å². The number of nitrogens with zero attached hydrogens (tertiary/aromatic N) is 1. The zero-order valence-electron chi connectivity index (χ0n) is 9.34. The molecule has 0 aromatic carbocycles. The number of halogens is 1. The van der Waals surface area contributed by atoms with E-state index in [-0.39, 0.29) is 5.82 Å². The summed E-state index contributed by atoms with van der Waals surface area (Å²) in [5, 5.41) is 0. The summed E-state index contributed by atoms with van der Waals surface area (Å²) in [6, 6.07) is 1.45. The van der Waals surface area contributed by atoms with E-state index >= 15 is 0 Å². The van der Waals surface area contributed by atoms with Gasteiger partial charge in [0.05, 0.1) is 6.20 Å². The topological polar surface area (TPSA) is 38.9 Å². The molecule has 0 fully saturated rings. The van der Waals surface area contributed by atoms with Gasteiger partial charge in [-0.05, 0) is 24.0 Å². The minimum atomic E-state index is -0.320. The molecule has 0 unspecified atom stereocenters. The van der Waals surface area contributed by atoms with Gasteiger partial charge in [-0.2, -0.15) is 0 Å². The van der Waals surface area contributed by atoms with Crippen LogP contribution in [-0.4, -0.2) is 4.98 Å². The molecule has 1 rings (SSSR count). The molecule has 3 heteroatoms. The van der Waals surface area contributed by atoms with Gasteiger partial charge in [-0.15, -0.1) is 0 Å². The number of anilines is 1. The van der Waals surface area contributed by atoms with Gasteiger partial charge in [-0.3, -0.25) is 0 Å². The number of rotatable bonds is 2. The largest absolute Gasteiger partial charge is 0.383 e. The number of pyridine rings is 1. The Kier molecular flexibility index (Phi) is 5.84. The zero-order chi connectivity index (χ0) is 11.1. The molecular weight excluding hydrogens is 179 g/mol. The van der Waals surface area contributed by atoms with Crippen LogP contribution in [0, 0.1) is 11.7 Å². The summed E-state index contributed by atoms with van der Waals surface area (Å²) in [6.07, 6.45) is 1.91. The Bertz CT molecular complexity index is 272. The molecule has 14 heavy (non-hydrogen) atoms. The molecule has 0 aliphatic carbocycles. The van der Waals surface area contributed by atoms with Gasteiger partial charge in [0.2, 0.25) is 0 Å². The molecule has 1 heterocycles. The van der Waals surface area contributed by atoms with E-state index in [2.05, 4.69) is 18.8 Å². The Morgan fingerprint density at radius 3 is 2.50 bits per heavy atom. The highest BCUT2D eigenvalue weighted by Crippen LogP contribution is 2.14. The molecule has 0 saturated carbocycles. The average molecular weight is 198 g/mol. The highest BCUT2D eigenvalue weighted by molar-refractivity contribution is 5.38. The van der Waals surface area contributed by atoms with E-state index in [1.54, 1.807) is 0 Å². The highest BCUT2D eigenvalue weighted by Gasteiger charge is 2.04. The third-order valence-electron chi connectivity index (χ3n) is 1.60. The van der Waals surface area contributed by atoms with E-state index in [0.717, 1.165) is 18.2 Å². The quantitative estimate of drug-likeness (QED) is 0.793. The number of aromatic nitrogens is 1. The molecule has 0 spiro atoms. The number of nitrogens with two attached hydrogens (primary N) is 1. The van der Waals surface area contributed by atoms with Crippen molar-refractivity contribution in [1.82, 2.24) is 4.98 Å². The van der Waals surface area contributed by atoms with Crippen molar-refractivity contribution < 1.29 is 4.39 Å². The van der Waals surface area contributed by atoms with Gasteiger partial charge < -0.3 is 5.73 Å². The van der Waals surface area contributed by atoms with Crippen molar-refractivity contribution in [3.05, 3.63) is 23.6 Å². The van der Waals surface area contributed by atoms with Gasteiger partial charge in [-0.25, -0.2) is 9.37 Å². The lowest BCUT2D eigenvalue weighted by Gasteiger charge is -2.06. The van der Waals surface area contributed by atoms with E-state index < -0.39 is 0 Å². The first kappa shape index (κ1) is 12.9. The molecular formula is C11H19FN2. The van der Waals surface area contributed by atoms with Gasteiger partial charge in [0.15, 0.2) is 0 Å². The second-order valence-corrected chi connectivity index (χ2v) is 3.30. The second kappa shape index (κ2) is 6.35. The normalized spacial score (nSPS) is 9.57. The van der Waals surface area contributed by atoms with Crippen LogP contribution in [0.1, 0.15) is 33.3 Å². The first-order valence-corrected chi connectivity index (χ1v) is 4.99. The van der Waals surface area contributed by atoms with Crippen LogP contribution in [0.3, 0.4) is 0 Å². The smallest absolute Gasteiger partial charge is 0.141 e. The monoisotopic (exact) mass is 198 g/mol. The molecule has 0 radical (unpaired) electrons. The molecule has 0 atom stereocenters. The first-order valence-electron chi connectivity index (χ1n) is 4.99. The number of hydrogen-bond donors (Lipinski definition) is 1. The standard InChI is InChI=1S/C9H13FN2.C2H6/c1-6(2)3-7-4-8(10)5-12-9(7)11;1-2/h4-6H,3H2,1-2H3,(H2,11,12);1-2H3. The van der Waals surface area contributed by atoms with Gasteiger partial charge >= 0.3 is 0 Å². The van der Waals surface area contributed by atoms with Crippen molar-refractivity contribution in [3.8, 4) is 0 Å². The summed E-state index contributed by atoms with van der Waals surface area (Å²) in [5.41, 5.74) is 6.36. The van der Waals surface area contributed by atoms with Crippen molar-refractivity contribution in [2.24, 2.45) is 5.92 Å². The summed E-state index contributed by atoms with van der Waals surface area (Å²) in [6.45, 7) is 8.12. The van der Waals surface area contributed by atoms with Crippen molar-refractivity contribution in [1.29, 1.82) is 0 Å². The Hall–Kier alpha value is -1.12. The summed E-state index contributed by atoms with van der Waals surface area (Å²) < 4.78 is 12.7. The minimum Gasteiger partial charge on any atom is -0.383 e. The molecule has 0 aliphatic rings. The average Bonchev–Trinajstić information content (AvgIpc) is 2.14. The maximum atomic E-state index is 12.7. The van der Waals surface area contributed by atoms with Gasteiger partial charge in [-0.1, -0.05) is 27.7 Å². The SMILES string of the molecule is CC.CC(C)Cc1cc(F)cnc1N. The molecule has 0 saturated heterocycles. The zero-order valence-corrected chi connectivity index (χ0v) is 9.34. The lowest BCUT2D eigenvalue weighted by atomic mass is 10.0. The number of nitrogen functional groups attached to an aromatic ring is 1. The van der Waals surface area contributed by atoms with Crippen LogP contribution in [0.4, 0.5) is 10.2 Å². The minimum absolute atomic E-state index is 0.320. The molecule has 2 N–H and O–H groups in total. The fourth-order valence-electron chi connectivity index (χ4n) is 1.10. The van der Waals surface area contributed by atoms with E-state index in [9.17, 15) is 4.39 Å². The Morgan fingerprint density at radius 2 is 2.00 bits per heavy atom. The van der Waals surface area contributed by atoms with Crippen LogP contribution in [0.2, 0.25) is 0 Å². The summed E-state index contributed by atoms with van der Waals surface area (Å²) >= 11 is 0. The third-order valence-corrected chi connectivity index (χ3v) is 1.60. The predicted molar refractivity (Wildman–Crippen MR) is 58.5 cm³/mol. The van der Waals surface area contributed by atoms with Crippen LogP contribution in [-0.2, 0) is 6.42 Å². The van der Waals surface area contributed by atoms with E-state index in [0.29, 0.717) is 11.7 Å². The van der Waals surface area contributed by atoms with E-state index in [1.165, 1.54) is 6.07 Å². The predicted octanol–water partition coefficient (Wildman–Crippen LogP) is 3.03. The highest BCUT2D eigenvalue weighted by atomic mass is 19.1. The van der Waals surface area contributed by atoms with Crippen molar-refractivity contribution >= 4 is 5.82 Å². The number of hydrogen-bond acceptors (Lipinski definition) is 2. The van der Waals surface area contributed by atoms with E-state index in [4.69, 9.17) is 5.73 Å². The maximum Gasteiger partial charge on any atom is 0.141 e. The van der Waals surface area contributed by atoms with Gasteiger partial charge in [0, 0.05) is 0 Å². The summed E-state index contributed by atoms with van der Waals surface area (Å²) in [7, 11) is 0. The van der Waals surface area contributed by atoms with Gasteiger partial charge in [0.1, 0.15) is 11.6 Å². The summed E-state index contributed by atoms with van der Waals surface area (Å²) in [5.74, 6) is 0.584. The lowest BCUT2D eigenvalue weighted by Crippen LogP contribution is -2.02. The van der Waals surface area contributed by atoms with Crippen LogP contribution in [0.25, 0.3) is 0 Å². The Balaban J connectivity index is 0.000000791. The Morgan fingerprint density at radius 1 is 1.43 bits per heavy atom. The third kappa shape index (κ3) is 4.21. The van der Waals surface area contributed by atoms with Crippen LogP contribution < -0.4 is 5.73 Å². The van der Waals surface area contributed by atoms with Crippen LogP contribution in [0.5, 0.6) is 0 Å². The fraction of sp³-hybridized carbons (Fsp3) is 0.545. The van der Waals surface area contributed by atoms with Crippen molar-refractivity contribution in [3.63, 3.8) is 0 Å². The first-order chi connectivity index (χ1) is 6.59. The van der Waals surface area contributed by atoms with Crippen LogP contribution in [0.15, 0.2) is 12.3 Å². The molecule has 0 amide bonds. The summed E-state index contributed by atoms with van der Waals surface area (Å²) in [4.78, 5) is 3.73. The second-order valence-electron chi connectivity index (χ2n) is 3.30. The van der Waals surface area contributed by atoms with Crippen molar-refractivity contribution in [2.45, 2.75) is 34.1 Å².